The zero-order valence-corrected chi connectivity index (χ0v) is 11.6. The van der Waals surface area contributed by atoms with Crippen LogP contribution in [0.4, 0.5) is 0 Å². The van der Waals surface area contributed by atoms with Crippen molar-refractivity contribution in [1.29, 1.82) is 0 Å². The van der Waals surface area contributed by atoms with Crippen LogP contribution < -0.4 is 11.3 Å². The third-order valence-corrected chi connectivity index (χ3v) is 3.41. The maximum absolute atomic E-state index is 11.6. The first kappa shape index (κ1) is 14.0. The Bertz CT molecular complexity index is 634. The molecule has 0 atom stereocenters. The minimum atomic E-state index is -0.666. The van der Waals surface area contributed by atoms with Crippen LogP contribution in [-0.2, 0) is 0 Å². The van der Waals surface area contributed by atoms with Gasteiger partial charge in [0.15, 0.2) is 5.69 Å². The second kappa shape index (κ2) is 5.71. The van der Waals surface area contributed by atoms with Gasteiger partial charge in [0, 0.05) is 11.8 Å². The van der Waals surface area contributed by atoms with Gasteiger partial charge in [-0.1, -0.05) is 40.9 Å². The number of carbonyl (C=O) groups excluding carboxylic acids is 1. The number of hydrogen-bond donors (Lipinski definition) is 2. The molecule has 3 N–H and O–H groups in total. The quantitative estimate of drug-likeness (QED) is 0.386. The van der Waals surface area contributed by atoms with Gasteiger partial charge in [0.1, 0.15) is 5.15 Å². The highest BCUT2D eigenvalue weighted by Crippen LogP contribution is 2.38. The first-order valence-corrected chi connectivity index (χ1v) is 6.16. The Morgan fingerprint density at radius 1 is 1.21 bits per heavy atom. The molecule has 1 amide bonds. The molecule has 0 saturated carbocycles. The van der Waals surface area contributed by atoms with Gasteiger partial charge >= 0.3 is 0 Å². The van der Waals surface area contributed by atoms with E-state index >= 15 is 0 Å². The number of hydrazine groups is 1. The van der Waals surface area contributed by atoms with Crippen molar-refractivity contribution in [3.63, 3.8) is 0 Å². The summed E-state index contributed by atoms with van der Waals surface area (Å²) in [6, 6.07) is 5.18. The van der Waals surface area contributed by atoms with Crippen molar-refractivity contribution in [1.82, 2.24) is 15.4 Å². The first-order valence-electron chi connectivity index (χ1n) is 5.03. The Morgan fingerprint density at radius 3 is 2.53 bits per heavy atom. The Balaban J connectivity index is 2.73. The molecule has 0 bridgehead atoms. The van der Waals surface area contributed by atoms with E-state index in [-0.39, 0.29) is 20.9 Å². The standard InChI is InChI=1S/C11H7Cl3N4O/c12-7-6(5-3-1-2-4-16-5)8(13)10(14)17-9(7)11(19)18-15/h1-4H,15H2,(H,18,19). The maximum Gasteiger partial charge on any atom is 0.285 e. The molecule has 0 aliphatic rings. The summed E-state index contributed by atoms with van der Waals surface area (Å²) in [5, 5.41) is 0.111. The number of aromatic nitrogens is 2. The van der Waals surface area contributed by atoms with Crippen LogP contribution >= 0.6 is 34.8 Å². The lowest BCUT2D eigenvalue weighted by Crippen LogP contribution is -2.31. The van der Waals surface area contributed by atoms with Gasteiger partial charge in [-0.05, 0) is 12.1 Å². The summed E-state index contributed by atoms with van der Waals surface area (Å²) >= 11 is 18.1. The van der Waals surface area contributed by atoms with E-state index in [1.165, 1.54) is 0 Å². The van der Waals surface area contributed by atoms with Crippen LogP contribution in [0.1, 0.15) is 10.5 Å². The van der Waals surface area contributed by atoms with E-state index in [0.29, 0.717) is 11.3 Å². The molecule has 19 heavy (non-hydrogen) atoms. The zero-order chi connectivity index (χ0) is 14.0. The van der Waals surface area contributed by atoms with Crippen LogP contribution in [0.3, 0.4) is 0 Å². The van der Waals surface area contributed by atoms with Crippen LogP contribution in [0.5, 0.6) is 0 Å². The average molecular weight is 318 g/mol. The molecule has 98 valence electrons. The number of halogens is 3. The molecule has 2 aromatic heterocycles. The van der Waals surface area contributed by atoms with Crippen molar-refractivity contribution in [3.05, 3.63) is 45.3 Å². The Labute approximate surface area is 123 Å². The van der Waals surface area contributed by atoms with E-state index in [4.69, 9.17) is 40.6 Å². The summed E-state index contributed by atoms with van der Waals surface area (Å²) in [6.07, 6.45) is 1.57. The van der Waals surface area contributed by atoms with Crippen LogP contribution in [-0.4, -0.2) is 15.9 Å². The monoisotopic (exact) mass is 316 g/mol. The van der Waals surface area contributed by atoms with E-state index in [1.807, 2.05) is 5.43 Å². The number of amides is 1. The van der Waals surface area contributed by atoms with Crippen LogP contribution in [0.25, 0.3) is 11.3 Å². The zero-order valence-electron chi connectivity index (χ0n) is 9.32. The topological polar surface area (TPSA) is 80.9 Å². The lowest BCUT2D eigenvalue weighted by molar-refractivity contribution is 0.0949. The summed E-state index contributed by atoms with van der Waals surface area (Å²) < 4.78 is 0. The molecule has 0 unspecified atom stereocenters. The molecule has 5 nitrogen and oxygen atoms in total. The maximum atomic E-state index is 11.6. The Kier molecular flexibility index (Phi) is 4.21. The highest BCUT2D eigenvalue weighted by Gasteiger charge is 2.22. The van der Waals surface area contributed by atoms with Crippen molar-refractivity contribution in [2.24, 2.45) is 5.84 Å². The number of nitrogens with two attached hydrogens (primary N) is 1. The number of carbonyl (C=O) groups is 1. The Hall–Kier alpha value is -1.40. The highest BCUT2D eigenvalue weighted by atomic mass is 35.5. The summed E-state index contributed by atoms with van der Waals surface area (Å²) in [6.45, 7) is 0. The second-order valence-corrected chi connectivity index (χ2v) is 4.56. The molecule has 2 aromatic rings. The molecular formula is C11H7Cl3N4O. The molecule has 2 rings (SSSR count). The van der Waals surface area contributed by atoms with E-state index in [1.54, 1.807) is 24.4 Å². The van der Waals surface area contributed by atoms with Gasteiger partial charge < -0.3 is 0 Å². The fourth-order valence-corrected chi connectivity index (χ4v) is 2.25. The largest absolute Gasteiger partial charge is 0.289 e. The highest BCUT2D eigenvalue weighted by molar-refractivity contribution is 6.46. The molecule has 0 aromatic carbocycles. The van der Waals surface area contributed by atoms with Crippen molar-refractivity contribution in [2.75, 3.05) is 0 Å². The van der Waals surface area contributed by atoms with Crippen molar-refractivity contribution < 1.29 is 4.79 Å². The third-order valence-electron chi connectivity index (χ3n) is 2.31. The van der Waals surface area contributed by atoms with E-state index in [0.717, 1.165) is 0 Å². The van der Waals surface area contributed by atoms with Crippen molar-refractivity contribution in [3.8, 4) is 11.3 Å². The number of nitrogens with zero attached hydrogens (tertiary/aromatic N) is 2. The third kappa shape index (κ3) is 2.64. The molecule has 2 heterocycles. The Morgan fingerprint density at radius 2 is 1.95 bits per heavy atom. The molecule has 0 fully saturated rings. The summed E-state index contributed by atoms with van der Waals surface area (Å²) in [5.41, 5.74) is 2.64. The molecule has 8 heteroatoms. The summed E-state index contributed by atoms with van der Waals surface area (Å²) in [5.74, 6) is 4.39. The smallest absolute Gasteiger partial charge is 0.285 e. The normalized spacial score (nSPS) is 10.3. The van der Waals surface area contributed by atoms with E-state index in [2.05, 4.69) is 9.97 Å². The number of nitrogen functional groups attached to an aromatic ring is 1. The SMILES string of the molecule is NNC(=O)c1nc(Cl)c(Cl)c(-c2ccccn2)c1Cl. The fourth-order valence-electron chi connectivity index (χ4n) is 1.47. The predicted molar refractivity (Wildman–Crippen MR) is 74.2 cm³/mol. The molecule has 0 radical (unpaired) electrons. The van der Waals surface area contributed by atoms with Gasteiger partial charge in [-0.3, -0.25) is 15.2 Å². The van der Waals surface area contributed by atoms with Crippen molar-refractivity contribution >= 4 is 40.7 Å². The van der Waals surface area contributed by atoms with E-state index < -0.39 is 5.91 Å². The number of rotatable bonds is 2. The number of hydrogen-bond acceptors (Lipinski definition) is 4. The lowest BCUT2D eigenvalue weighted by Gasteiger charge is -2.11. The van der Waals surface area contributed by atoms with Crippen LogP contribution in [0, 0.1) is 0 Å². The van der Waals surface area contributed by atoms with Gasteiger partial charge in [0.2, 0.25) is 0 Å². The molecule has 0 aliphatic carbocycles. The van der Waals surface area contributed by atoms with Gasteiger partial charge in [-0.15, -0.1) is 0 Å². The fraction of sp³-hybridized carbons (Fsp3) is 0. The minimum absolute atomic E-state index is 0.0380. The lowest BCUT2D eigenvalue weighted by atomic mass is 10.1. The van der Waals surface area contributed by atoms with Gasteiger partial charge in [-0.2, -0.15) is 0 Å². The molecule has 0 aliphatic heterocycles. The van der Waals surface area contributed by atoms with Crippen LogP contribution in [0.15, 0.2) is 24.4 Å². The van der Waals surface area contributed by atoms with Gasteiger partial charge in [-0.25, -0.2) is 10.8 Å². The molecule has 0 spiro atoms. The molecular weight excluding hydrogens is 311 g/mol. The summed E-state index contributed by atoms with van der Waals surface area (Å²) in [4.78, 5) is 19.5. The van der Waals surface area contributed by atoms with Gasteiger partial charge in [0.05, 0.1) is 15.7 Å². The minimum Gasteiger partial charge on any atom is -0.289 e. The first-order chi connectivity index (χ1) is 9.06. The number of nitrogens with one attached hydrogen (secondary N) is 1. The van der Waals surface area contributed by atoms with Crippen LogP contribution in [0.2, 0.25) is 15.2 Å². The van der Waals surface area contributed by atoms with E-state index in [9.17, 15) is 4.79 Å². The molecule has 0 saturated heterocycles. The predicted octanol–water partition coefficient (Wildman–Crippen LogP) is 2.71. The second-order valence-electron chi connectivity index (χ2n) is 3.44. The van der Waals surface area contributed by atoms with Gasteiger partial charge in [0.25, 0.3) is 5.91 Å². The summed E-state index contributed by atoms with van der Waals surface area (Å²) in [7, 11) is 0. The van der Waals surface area contributed by atoms with Crippen molar-refractivity contribution in [2.45, 2.75) is 0 Å². The average Bonchev–Trinajstić information content (AvgIpc) is 2.43. The number of pyridine rings is 2.